The summed E-state index contributed by atoms with van der Waals surface area (Å²) < 4.78 is 0. The van der Waals surface area contributed by atoms with Crippen molar-refractivity contribution in [2.24, 2.45) is 5.92 Å². The van der Waals surface area contributed by atoms with Gasteiger partial charge in [0.05, 0.1) is 5.75 Å². The van der Waals surface area contributed by atoms with Crippen molar-refractivity contribution in [2.75, 3.05) is 18.1 Å². The number of carboxylic acids is 1. The monoisotopic (exact) mass is 273 g/mol. The molecule has 0 radical (unpaired) electrons. The molecule has 4 nitrogen and oxygen atoms in total. The Morgan fingerprint density at radius 1 is 1.44 bits per heavy atom. The number of likely N-dealkylation sites (tertiary alicyclic amines) is 1. The lowest BCUT2D eigenvalue weighted by Crippen LogP contribution is -2.51. The van der Waals surface area contributed by atoms with Crippen molar-refractivity contribution in [3.8, 4) is 0 Å². The van der Waals surface area contributed by atoms with Crippen LogP contribution in [-0.4, -0.2) is 45.5 Å². The number of carboxylic acid groups (broad SMARTS) is 1. The fraction of sp³-hybridized carbons (Fsp3) is 0.846. The zero-order valence-corrected chi connectivity index (χ0v) is 12.3. The molecule has 0 aromatic rings. The van der Waals surface area contributed by atoms with E-state index in [1.807, 2.05) is 0 Å². The van der Waals surface area contributed by atoms with Gasteiger partial charge in [0.2, 0.25) is 5.91 Å². The standard InChI is InChI=1S/C13H23NO3S/c1-10(2)5-8-18-9-11(15)14-7-4-6-13(14,3)12(16)17/h10H,4-9H2,1-3H3,(H,16,17). The van der Waals surface area contributed by atoms with E-state index >= 15 is 0 Å². The number of carbonyl (C=O) groups excluding carboxylic acids is 1. The van der Waals surface area contributed by atoms with Gasteiger partial charge in [0, 0.05) is 6.54 Å². The quantitative estimate of drug-likeness (QED) is 0.754. The Hall–Kier alpha value is -0.710. The molecule has 1 atom stereocenters. The lowest BCUT2D eigenvalue weighted by Gasteiger charge is -2.31. The molecule has 0 aliphatic carbocycles. The molecule has 1 aliphatic rings. The summed E-state index contributed by atoms with van der Waals surface area (Å²) in [5.41, 5.74) is -0.990. The Balaban J connectivity index is 2.44. The minimum atomic E-state index is -0.990. The maximum absolute atomic E-state index is 12.1. The highest BCUT2D eigenvalue weighted by Crippen LogP contribution is 2.29. The minimum absolute atomic E-state index is 0.0360. The Labute approximate surface area is 113 Å². The number of thioether (sulfide) groups is 1. The van der Waals surface area contributed by atoms with Crippen LogP contribution in [0.5, 0.6) is 0 Å². The Bertz CT molecular complexity index is 319. The van der Waals surface area contributed by atoms with Gasteiger partial charge in [-0.1, -0.05) is 13.8 Å². The molecule has 0 saturated carbocycles. The molecule has 0 bridgehead atoms. The predicted molar refractivity (Wildman–Crippen MR) is 73.8 cm³/mol. The Morgan fingerprint density at radius 3 is 2.67 bits per heavy atom. The second kappa shape index (κ2) is 6.45. The third kappa shape index (κ3) is 3.64. The van der Waals surface area contributed by atoms with E-state index in [2.05, 4.69) is 13.8 Å². The number of nitrogens with zero attached hydrogens (tertiary/aromatic N) is 1. The number of aliphatic carboxylic acids is 1. The largest absolute Gasteiger partial charge is 0.480 e. The molecule has 1 aliphatic heterocycles. The van der Waals surface area contributed by atoms with Crippen molar-refractivity contribution in [1.29, 1.82) is 0 Å². The zero-order chi connectivity index (χ0) is 13.8. The van der Waals surface area contributed by atoms with E-state index in [4.69, 9.17) is 0 Å². The molecule has 1 saturated heterocycles. The van der Waals surface area contributed by atoms with Crippen LogP contribution in [0, 0.1) is 5.92 Å². The van der Waals surface area contributed by atoms with Crippen LogP contribution in [-0.2, 0) is 9.59 Å². The van der Waals surface area contributed by atoms with E-state index in [0.29, 0.717) is 24.6 Å². The van der Waals surface area contributed by atoms with Gasteiger partial charge in [-0.2, -0.15) is 11.8 Å². The molecular weight excluding hydrogens is 250 g/mol. The van der Waals surface area contributed by atoms with Gasteiger partial charge in [0.25, 0.3) is 0 Å². The predicted octanol–water partition coefficient (Wildman–Crippen LogP) is 2.23. The Morgan fingerprint density at radius 2 is 2.11 bits per heavy atom. The first-order valence-corrected chi connectivity index (χ1v) is 7.65. The topological polar surface area (TPSA) is 57.6 Å². The molecule has 1 rings (SSSR count). The van der Waals surface area contributed by atoms with E-state index in [-0.39, 0.29) is 5.91 Å². The van der Waals surface area contributed by atoms with Gasteiger partial charge < -0.3 is 10.0 Å². The van der Waals surface area contributed by atoms with Gasteiger partial charge in [0.1, 0.15) is 5.54 Å². The molecule has 0 spiro atoms. The van der Waals surface area contributed by atoms with Crippen LogP contribution in [0.2, 0.25) is 0 Å². The van der Waals surface area contributed by atoms with Crippen LogP contribution in [0.4, 0.5) is 0 Å². The fourth-order valence-corrected chi connectivity index (χ4v) is 3.25. The lowest BCUT2D eigenvalue weighted by atomic mass is 9.99. The van der Waals surface area contributed by atoms with Crippen LogP contribution in [0.3, 0.4) is 0 Å². The minimum Gasteiger partial charge on any atom is -0.480 e. The molecule has 1 amide bonds. The van der Waals surface area contributed by atoms with Gasteiger partial charge in [-0.3, -0.25) is 4.79 Å². The number of hydrogen-bond donors (Lipinski definition) is 1. The summed E-state index contributed by atoms with van der Waals surface area (Å²) in [6.45, 7) is 6.54. The highest BCUT2D eigenvalue weighted by Gasteiger charge is 2.45. The molecule has 5 heteroatoms. The van der Waals surface area contributed by atoms with Crippen molar-refractivity contribution in [3.63, 3.8) is 0 Å². The smallest absolute Gasteiger partial charge is 0.329 e. The summed E-state index contributed by atoms with van der Waals surface area (Å²) in [7, 11) is 0. The number of carbonyl (C=O) groups is 2. The van der Waals surface area contributed by atoms with Gasteiger partial charge in [-0.25, -0.2) is 4.79 Å². The molecule has 1 N–H and O–H groups in total. The second-order valence-corrected chi connectivity index (χ2v) is 6.57. The van der Waals surface area contributed by atoms with Crippen molar-refractivity contribution < 1.29 is 14.7 Å². The summed E-state index contributed by atoms with van der Waals surface area (Å²) in [5, 5.41) is 9.24. The van der Waals surface area contributed by atoms with E-state index in [1.165, 1.54) is 4.90 Å². The maximum atomic E-state index is 12.1. The third-order valence-corrected chi connectivity index (χ3v) is 4.44. The number of rotatable bonds is 6. The van der Waals surface area contributed by atoms with Crippen LogP contribution in [0.1, 0.15) is 40.0 Å². The molecular formula is C13H23NO3S. The zero-order valence-electron chi connectivity index (χ0n) is 11.4. The SMILES string of the molecule is CC(C)CCSCC(=O)N1CCCC1(C)C(=O)O. The van der Waals surface area contributed by atoms with Gasteiger partial charge in [-0.15, -0.1) is 0 Å². The summed E-state index contributed by atoms with van der Waals surface area (Å²) in [5.74, 6) is 1.08. The van der Waals surface area contributed by atoms with Crippen molar-refractivity contribution in [3.05, 3.63) is 0 Å². The molecule has 104 valence electrons. The first-order valence-electron chi connectivity index (χ1n) is 6.49. The van der Waals surface area contributed by atoms with E-state index in [1.54, 1.807) is 18.7 Å². The third-order valence-electron chi connectivity index (χ3n) is 3.47. The summed E-state index contributed by atoms with van der Waals surface area (Å²) in [6.07, 6.45) is 2.43. The summed E-state index contributed by atoms with van der Waals surface area (Å²) >= 11 is 1.60. The molecule has 0 aromatic heterocycles. The van der Waals surface area contributed by atoms with Crippen LogP contribution < -0.4 is 0 Å². The Kier molecular flexibility index (Phi) is 5.50. The van der Waals surface area contributed by atoms with E-state index in [9.17, 15) is 14.7 Å². The highest BCUT2D eigenvalue weighted by atomic mass is 32.2. The average Bonchev–Trinajstić information content (AvgIpc) is 2.67. The van der Waals surface area contributed by atoms with Crippen LogP contribution in [0.15, 0.2) is 0 Å². The summed E-state index contributed by atoms with van der Waals surface area (Å²) in [6, 6.07) is 0. The van der Waals surface area contributed by atoms with Crippen molar-refractivity contribution >= 4 is 23.6 Å². The van der Waals surface area contributed by atoms with Crippen molar-refractivity contribution in [2.45, 2.75) is 45.6 Å². The van der Waals surface area contributed by atoms with E-state index in [0.717, 1.165) is 18.6 Å². The number of hydrogen-bond acceptors (Lipinski definition) is 3. The van der Waals surface area contributed by atoms with Crippen LogP contribution in [0.25, 0.3) is 0 Å². The first kappa shape index (κ1) is 15.3. The molecule has 1 fully saturated rings. The first-order chi connectivity index (χ1) is 8.38. The second-order valence-electron chi connectivity index (χ2n) is 5.46. The van der Waals surface area contributed by atoms with Gasteiger partial charge >= 0.3 is 5.97 Å². The summed E-state index contributed by atoms with van der Waals surface area (Å²) in [4.78, 5) is 24.8. The van der Waals surface area contributed by atoms with E-state index < -0.39 is 11.5 Å². The van der Waals surface area contributed by atoms with Crippen molar-refractivity contribution in [1.82, 2.24) is 4.90 Å². The fourth-order valence-electron chi connectivity index (χ4n) is 2.14. The number of amides is 1. The van der Waals surface area contributed by atoms with Crippen LogP contribution >= 0.6 is 11.8 Å². The maximum Gasteiger partial charge on any atom is 0.329 e. The lowest BCUT2D eigenvalue weighted by molar-refractivity contribution is -0.154. The molecule has 1 unspecified atom stereocenters. The molecule has 0 aromatic carbocycles. The molecule has 18 heavy (non-hydrogen) atoms. The average molecular weight is 273 g/mol. The van der Waals surface area contributed by atoms with Gasteiger partial charge in [-0.05, 0) is 37.9 Å². The highest BCUT2D eigenvalue weighted by molar-refractivity contribution is 7.99. The van der Waals surface area contributed by atoms with Gasteiger partial charge in [0.15, 0.2) is 0 Å². The molecule has 1 heterocycles. The normalized spacial score (nSPS) is 23.7.